The number of piperazine rings is 1. The number of hydrazone groups is 1. The van der Waals surface area contributed by atoms with Crippen molar-refractivity contribution >= 4 is 91.1 Å². The Kier molecular flexibility index (Phi) is 26.5. The molecule has 8 heterocycles. The van der Waals surface area contributed by atoms with Crippen LogP contribution in [0.4, 0.5) is 11.4 Å². The van der Waals surface area contributed by atoms with Crippen molar-refractivity contribution in [2.75, 3.05) is 58.1 Å². The summed E-state index contributed by atoms with van der Waals surface area (Å²) in [6.45, 7) is 29.8. The highest BCUT2D eigenvalue weighted by atomic mass is 16.7. The van der Waals surface area contributed by atoms with Crippen molar-refractivity contribution in [3.8, 4) is 40.2 Å². The first kappa shape index (κ1) is 87.8. The van der Waals surface area contributed by atoms with Gasteiger partial charge in [0.25, 0.3) is 23.4 Å². The number of hydrogen-bond acceptors (Lipinski definition) is 27. The van der Waals surface area contributed by atoms with Gasteiger partial charge in [-0.3, -0.25) is 38.2 Å². The van der Waals surface area contributed by atoms with Crippen LogP contribution >= 0.6 is 0 Å². The van der Waals surface area contributed by atoms with Crippen molar-refractivity contribution in [2.24, 2.45) is 52.4 Å². The lowest BCUT2D eigenvalue weighted by molar-refractivity contribution is -0.161. The van der Waals surface area contributed by atoms with Crippen molar-refractivity contribution in [1.82, 2.24) is 19.3 Å². The number of Topliss-reactive ketones (excluding diaryl/α,β-unsaturated/α-hetero) is 2. The van der Waals surface area contributed by atoms with Gasteiger partial charge >= 0.3 is 23.5 Å². The molecule has 6 aliphatic rings. The lowest BCUT2D eigenvalue weighted by Gasteiger charge is -2.38. The Morgan fingerprint density at radius 3 is 1.45 bits per heavy atom. The zero-order valence-electron chi connectivity index (χ0n) is 69.1. The molecular formula is C86H109N7O23. The molecule has 0 radical (unpaired) electrons. The average Bonchev–Trinajstić information content (AvgIpc) is 1.52. The minimum atomic E-state index is -2.04. The van der Waals surface area contributed by atoms with Crippen LogP contribution in [0, 0.1) is 68.1 Å². The molecule has 12 rings (SSSR count). The number of aryl methyl sites for hydroxylation is 1. The van der Waals surface area contributed by atoms with Gasteiger partial charge in [-0.05, 0) is 71.5 Å². The van der Waals surface area contributed by atoms with Crippen LogP contribution < -0.4 is 20.1 Å². The Labute approximate surface area is 672 Å². The third-order valence-electron chi connectivity index (χ3n) is 23.4. The van der Waals surface area contributed by atoms with Gasteiger partial charge in [-0.15, -0.1) is 0 Å². The number of phenolic OH excluding ortho intramolecular Hbond substituents is 5. The van der Waals surface area contributed by atoms with Gasteiger partial charge in [0.05, 0.1) is 88.5 Å². The number of aromatic hydroxyl groups is 5. The predicted octanol–water partition coefficient (Wildman–Crippen LogP) is 10.5. The number of fused-ring (bicyclic) bond motifs is 16. The average molecular weight is 1610 g/mol. The highest BCUT2D eigenvalue weighted by Gasteiger charge is 2.52. The molecular weight excluding hydrogens is 1500 g/mol. The number of aliphatic hydroxyl groups is 4. The lowest BCUT2D eigenvalue weighted by atomic mass is 9.78. The Morgan fingerprint density at radius 1 is 0.569 bits per heavy atom. The molecule has 0 spiro atoms. The number of hydrogen-bond donors (Lipinski definition) is 11. The van der Waals surface area contributed by atoms with E-state index in [4.69, 9.17) is 42.9 Å². The van der Waals surface area contributed by atoms with E-state index in [2.05, 4.69) is 20.6 Å². The summed E-state index contributed by atoms with van der Waals surface area (Å²) in [4.78, 5) is 88.2. The van der Waals surface area contributed by atoms with Gasteiger partial charge < -0.3 is 99.4 Å². The fourth-order valence-corrected chi connectivity index (χ4v) is 16.0. The number of carbonyl (C=O) groups excluding carboxylic acids is 6. The van der Waals surface area contributed by atoms with Gasteiger partial charge in [0.15, 0.2) is 11.5 Å². The van der Waals surface area contributed by atoms with Crippen LogP contribution in [0.5, 0.6) is 40.2 Å². The Balaban J connectivity index is 0.000000245. The number of imidazole rings is 1. The molecule has 9 bridgehead atoms. The van der Waals surface area contributed by atoms with E-state index >= 15 is 0 Å². The second kappa shape index (κ2) is 35.1. The first-order valence-corrected chi connectivity index (χ1v) is 38.7. The molecule has 116 heavy (non-hydrogen) atoms. The molecule has 6 aliphatic heterocycles. The molecule has 0 aliphatic carbocycles. The molecule has 1 fully saturated rings. The third-order valence-corrected chi connectivity index (χ3v) is 23.4. The number of methoxy groups -OCH3 is 2. The summed E-state index contributed by atoms with van der Waals surface area (Å²) in [5.74, 6) is -15.3. The number of anilines is 2. The molecule has 2 aromatic heterocycles. The van der Waals surface area contributed by atoms with Crippen LogP contribution in [0.15, 0.2) is 95.7 Å². The van der Waals surface area contributed by atoms with E-state index in [1.807, 2.05) is 26.1 Å². The van der Waals surface area contributed by atoms with Gasteiger partial charge in [0, 0.05) is 155 Å². The van der Waals surface area contributed by atoms with Crippen molar-refractivity contribution in [1.29, 1.82) is 0 Å². The number of aliphatic hydroxyl groups excluding tert-OH is 4. The summed E-state index contributed by atoms with van der Waals surface area (Å²) in [5, 5.41) is 116. The molecule has 11 N–H and O–H groups in total. The number of benzene rings is 4. The number of esters is 2. The van der Waals surface area contributed by atoms with Crippen LogP contribution in [0.1, 0.15) is 140 Å². The van der Waals surface area contributed by atoms with Gasteiger partial charge in [-0.25, -0.2) is 4.98 Å². The summed E-state index contributed by atoms with van der Waals surface area (Å²) < 4.78 is 49.1. The van der Waals surface area contributed by atoms with E-state index in [9.17, 15) is 74.7 Å². The first-order valence-electron chi connectivity index (χ1n) is 38.7. The first-order chi connectivity index (χ1) is 54.6. The zero-order chi connectivity index (χ0) is 85.5. The molecule has 6 aromatic rings. The molecule has 30 heteroatoms. The number of allylic oxidation sites excluding steroid dienone is 4. The minimum Gasteiger partial charge on any atom is -0.507 e. The number of amides is 2. The number of aromatic nitrogens is 2. The number of ketones is 2. The van der Waals surface area contributed by atoms with Crippen LogP contribution in [-0.4, -0.2) is 215 Å². The summed E-state index contributed by atoms with van der Waals surface area (Å²) in [6.07, 6.45) is 10.5. The maximum Gasteiger partial charge on any atom is 0.312 e. The largest absolute Gasteiger partial charge is 0.507 e. The molecule has 0 unspecified atom stereocenters. The topological polar surface area (TPSA) is 419 Å². The van der Waals surface area contributed by atoms with E-state index < -0.39 is 166 Å². The van der Waals surface area contributed by atoms with E-state index in [-0.39, 0.29) is 100 Å². The van der Waals surface area contributed by atoms with Gasteiger partial charge in [-0.2, -0.15) is 5.10 Å². The quantitative estimate of drug-likeness (QED) is 0.0319. The predicted molar refractivity (Wildman–Crippen MR) is 434 cm³/mol. The van der Waals surface area contributed by atoms with Crippen molar-refractivity contribution in [3.63, 3.8) is 0 Å². The lowest BCUT2D eigenvalue weighted by Crippen LogP contribution is -2.46. The van der Waals surface area contributed by atoms with Crippen LogP contribution in [0.25, 0.3) is 38.2 Å². The highest BCUT2D eigenvalue weighted by molar-refractivity contribution is 6.29. The Bertz CT molecular complexity index is 5070. The molecule has 30 nitrogen and oxygen atoms in total. The fraction of sp³-hybridized carbons (Fsp3) is 0.488. The number of nitrogens with one attached hydrogen (secondary N) is 2. The van der Waals surface area contributed by atoms with E-state index in [0.717, 1.165) is 18.7 Å². The molecule has 626 valence electrons. The third kappa shape index (κ3) is 16.9. The standard InChI is InChI=1S/C43H58N4O12.C43H51N3O11/c1-21-12-11-13-22(2)42(55)45-33-28(20-44-47-17-15-46(9)16-18-47)37(52)30-31(38(33)53)36(51)26(6)40-32(30)41(54)43(8,59-40)57-19-14-29(56-10)23(3)39(58-27(7)48)25(5)35(50)24(4)34(21)49;1-19-14-16-46-28(18-19)44-32-29-30-37(50)25(7)40-31(29)41(52)43(9,57-40)55-17-15-27(54-10)22(4)39(56-26(8)47)24(6)36(49)23(5)35(48)20(2)12-11-13-21(3)42(53)45-33(34(32)46)38(30)51/h11-14,19-21,23-25,29,34-35,39,49-53H,15-18H2,1-10H3,(H,45,55);11-18,20,22-24,27,35-36,39,48-51H,1-10H3,(H,45,53)/b12-11+,19-14+,22-13-,44-20+;12-11+,17-15+,21-13-/t21-,23+,24+,25+,29-,34-,35+,39+,43-;20-,22+,23+,24+,27-,35-,36+,39+,43-/m00/s1. The van der Waals surface area contributed by atoms with E-state index in [1.165, 1.54) is 99.7 Å². The van der Waals surface area contributed by atoms with E-state index in [1.54, 1.807) is 108 Å². The number of likely N-dealkylation sites (N-methyl/N-ethyl adjacent to an activating group) is 1. The minimum absolute atomic E-state index is 0.0185. The molecule has 0 saturated carbocycles. The Morgan fingerprint density at radius 2 is 1.00 bits per heavy atom. The maximum atomic E-state index is 14.6. The second-order valence-corrected chi connectivity index (χ2v) is 31.7. The maximum absolute atomic E-state index is 14.6. The molecule has 1 saturated heterocycles. The molecule has 4 aromatic carbocycles. The summed E-state index contributed by atoms with van der Waals surface area (Å²) >= 11 is 0. The molecule has 2 amide bonds. The SMILES string of the molecule is CO[C@H]1/C=C/O[C@@]2(C)Oc3c(C)c(O)c4c(O)c(c(/C=N/N5CCN(C)CC5)c(O)c4c3C2=O)NC(=O)/C(C)=C\C=C\[C@H](C)[C@H](O)[C@@H](C)[C@@H](O)[C@@H](C)[C@H](OC(C)=O)[C@@H]1C.CO[C@H]1/C=C/O[C@@]2(C)Oc3c(C)c(O)c4c(O)c(c5c(nc6cc(C)ccn65)c4c3C2=O)NC(=O)/C(C)=C\C=C\[C@H](C)[C@H](O)[C@@H](C)[C@@H](O)[C@@H](C)[C@H](OC(C)=O)[C@@H]1C. The van der Waals surface area contributed by atoms with Crippen LogP contribution in [0.2, 0.25) is 0 Å². The number of carbonyl (C=O) groups is 6. The summed E-state index contributed by atoms with van der Waals surface area (Å²) in [5.41, 5.74) is 1.83. The van der Waals surface area contributed by atoms with Crippen molar-refractivity contribution in [3.05, 3.63) is 124 Å². The smallest absolute Gasteiger partial charge is 0.312 e. The van der Waals surface area contributed by atoms with Gasteiger partial charge in [0.2, 0.25) is 0 Å². The number of ether oxygens (including phenoxy) is 8. The van der Waals surface area contributed by atoms with Crippen molar-refractivity contribution < 1.29 is 113 Å². The monoisotopic (exact) mass is 1610 g/mol. The number of pyridine rings is 1. The summed E-state index contributed by atoms with van der Waals surface area (Å²) in [7, 11) is 4.88. The fourth-order valence-electron chi connectivity index (χ4n) is 16.0. The van der Waals surface area contributed by atoms with Crippen LogP contribution in [-0.2, 0) is 47.6 Å². The molecule has 18 atom stereocenters. The number of nitrogens with zero attached hydrogens (tertiary/aromatic N) is 5. The van der Waals surface area contributed by atoms with Gasteiger partial charge in [-0.1, -0.05) is 91.8 Å². The summed E-state index contributed by atoms with van der Waals surface area (Å²) in [6, 6.07) is 3.64. The Hall–Kier alpha value is -10.6. The normalized spacial score (nSPS) is 31.5. The van der Waals surface area contributed by atoms with Crippen molar-refractivity contribution in [2.45, 2.75) is 178 Å². The highest BCUT2D eigenvalue weighted by Crippen LogP contribution is 2.57. The number of rotatable bonds is 6. The number of phenols is 5. The van der Waals surface area contributed by atoms with Crippen LogP contribution in [0.3, 0.4) is 0 Å². The van der Waals surface area contributed by atoms with Gasteiger partial charge in [0.1, 0.15) is 63.3 Å². The second-order valence-electron chi connectivity index (χ2n) is 31.7. The van der Waals surface area contributed by atoms with E-state index in [0.29, 0.717) is 18.7 Å². The zero-order valence-corrected chi connectivity index (χ0v) is 69.1.